The van der Waals surface area contributed by atoms with Gasteiger partial charge >= 0.3 is 0 Å². The van der Waals surface area contributed by atoms with E-state index in [2.05, 4.69) is 10.3 Å². The molecule has 2 aliphatic rings. The van der Waals surface area contributed by atoms with Crippen molar-refractivity contribution in [1.82, 2.24) is 5.32 Å². The molecule has 4 heteroatoms. The SMILES string of the molecule is C1CC(SSC2CCN2)=N1. The van der Waals surface area contributed by atoms with Gasteiger partial charge in [0, 0.05) is 13.0 Å². The van der Waals surface area contributed by atoms with E-state index in [1.54, 1.807) is 0 Å². The summed E-state index contributed by atoms with van der Waals surface area (Å²) in [5.41, 5.74) is 0. The number of aliphatic imine (C=N–C) groups is 1. The maximum Gasteiger partial charge on any atom is 0.0801 e. The van der Waals surface area contributed by atoms with Crippen LogP contribution in [-0.2, 0) is 0 Å². The third kappa shape index (κ3) is 1.49. The molecule has 2 aliphatic heterocycles. The van der Waals surface area contributed by atoms with Gasteiger partial charge in [0.05, 0.1) is 10.4 Å². The molecule has 0 aromatic heterocycles. The van der Waals surface area contributed by atoms with Gasteiger partial charge in [0.2, 0.25) is 0 Å². The molecule has 0 amide bonds. The van der Waals surface area contributed by atoms with E-state index in [9.17, 15) is 0 Å². The van der Waals surface area contributed by atoms with Crippen molar-refractivity contribution < 1.29 is 0 Å². The fourth-order valence-electron chi connectivity index (χ4n) is 0.729. The molecule has 1 fully saturated rings. The minimum atomic E-state index is 0.702. The number of hydrogen-bond acceptors (Lipinski definition) is 4. The Kier molecular flexibility index (Phi) is 2.21. The quantitative estimate of drug-likeness (QED) is 0.642. The lowest BCUT2D eigenvalue weighted by atomic mass is 10.3. The van der Waals surface area contributed by atoms with Crippen molar-refractivity contribution in [1.29, 1.82) is 0 Å². The van der Waals surface area contributed by atoms with E-state index in [1.807, 2.05) is 21.6 Å². The Hall–Kier alpha value is 0.330. The van der Waals surface area contributed by atoms with Gasteiger partial charge in [0.25, 0.3) is 0 Å². The van der Waals surface area contributed by atoms with Crippen molar-refractivity contribution in [3.63, 3.8) is 0 Å². The molecule has 2 nitrogen and oxygen atoms in total. The van der Waals surface area contributed by atoms with Crippen LogP contribution >= 0.6 is 21.6 Å². The van der Waals surface area contributed by atoms with Crippen molar-refractivity contribution >= 4 is 26.6 Å². The van der Waals surface area contributed by atoms with Crippen LogP contribution in [0.3, 0.4) is 0 Å². The van der Waals surface area contributed by atoms with Crippen LogP contribution < -0.4 is 5.32 Å². The van der Waals surface area contributed by atoms with Gasteiger partial charge in [0.1, 0.15) is 0 Å². The molecule has 0 saturated carbocycles. The van der Waals surface area contributed by atoms with Gasteiger partial charge in [-0.3, -0.25) is 4.99 Å². The first-order chi connectivity index (χ1) is 4.95. The Labute approximate surface area is 68.6 Å². The summed E-state index contributed by atoms with van der Waals surface area (Å²) in [4.78, 5) is 4.23. The Morgan fingerprint density at radius 1 is 1.60 bits per heavy atom. The summed E-state index contributed by atoms with van der Waals surface area (Å²) < 4.78 is 0. The van der Waals surface area contributed by atoms with E-state index < -0.39 is 0 Å². The van der Waals surface area contributed by atoms with Gasteiger partial charge in [-0.2, -0.15) is 0 Å². The standard InChI is InChI=1S/C6H10N2S2/c1-3-7-5(1)9-10-6-2-4-8-6/h5,7H,1-4H2. The predicted molar refractivity (Wildman–Crippen MR) is 48.5 cm³/mol. The summed E-state index contributed by atoms with van der Waals surface area (Å²) in [6.45, 7) is 2.26. The molecule has 1 unspecified atom stereocenters. The first-order valence-corrected chi connectivity index (χ1v) is 5.76. The third-order valence-corrected chi connectivity index (χ3v) is 4.47. The lowest BCUT2D eigenvalue weighted by Gasteiger charge is -2.26. The number of nitrogens with one attached hydrogen (secondary N) is 1. The maximum atomic E-state index is 4.23. The van der Waals surface area contributed by atoms with E-state index in [0.29, 0.717) is 5.37 Å². The number of rotatable bonds is 2. The van der Waals surface area contributed by atoms with Gasteiger partial charge < -0.3 is 5.32 Å². The highest BCUT2D eigenvalue weighted by Crippen LogP contribution is 2.34. The van der Waals surface area contributed by atoms with Crippen molar-refractivity contribution in [2.24, 2.45) is 4.99 Å². The van der Waals surface area contributed by atoms with Crippen LogP contribution in [0.2, 0.25) is 0 Å². The fraction of sp³-hybridized carbons (Fsp3) is 0.833. The van der Waals surface area contributed by atoms with Gasteiger partial charge in [-0.05, 0) is 23.8 Å². The number of nitrogens with zero attached hydrogens (tertiary/aromatic N) is 1. The molecule has 2 heterocycles. The first-order valence-electron chi connectivity index (χ1n) is 3.55. The molecule has 1 atom stereocenters. The maximum absolute atomic E-state index is 4.23. The Morgan fingerprint density at radius 2 is 2.40 bits per heavy atom. The van der Waals surface area contributed by atoms with Crippen LogP contribution in [0.25, 0.3) is 0 Å². The average molecular weight is 174 g/mol. The average Bonchev–Trinajstić information content (AvgIpc) is 1.70. The molecule has 0 bridgehead atoms. The third-order valence-electron chi connectivity index (χ3n) is 1.65. The van der Waals surface area contributed by atoms with Crippen LogP contribution in [-0.4, -0.2) is 23.5 Å². The normalized spacial score (nSPS) is 30.4. The van der Waals surface area contributed by atoms with E-state index >= 15 is 0 Å². The minimum Gasteiger partial charge on any atom is -0.304 e. The van der Waals surface area contributed by atoms with E-state index in [1.165, 1.54) is 24.4 Å². The zero-order chi connectivity index (χ0) is 6.81. The molecule has 2 rings (SSSR count). The molecule has 1 N–H and O–H groups in total. The minimum absolute atomic E-state index is 0.702. The van der Waals surface area contributed by atoms with E-state index in [0.717, 1.165) is 6.54 Å². The highest BCUT2D eigenvalue weighted by atomic mass is 33.1. The topological polar surface area (TPSA) is 24.4 Å². The van der Waals surface area contributed by atoms with E-state index in [-0.39, 0.29) is 0 Å². The second-order valence-electron chi connectivity index (χ2n) is 2.44. The van der Waals surface area contributed by atoms with Crippen LogP contribution in [0.4, 0.5) is 0 Å². The number of hydrogen-bond donors (Lipinski definition) is 1. The van der Waals surface area contributed by atoms with Crippen LogP contribution in [0, 0.1) is 0 Å². The van der Waals surface area contributed by atoms with Gasteiger partial charge in [-0.15, -0.1) is 0 Å². The van der Waals surface area contributed by atoms with Gasteiger partial charge in [0.15, 0.2) is 0 Å². The molecule has 0 aliphatic carbocycles. The summed E-state index contributed by atoms with van der Waals surface area (Å²) in [5, 5.41) is 5.37. The van der Waals surface area contributed by atoms with Gasteiger partial charge in [-0.1, -0.05) is 10.8 Å². The summed E-state index contributed by atoms with van der Waals surface area (Å²) in [5.74, 6) is 0. The summed E-state index contributed by atoms with van der Waals surface area (Å²) in [6.07, 6.45) is 2.54. The summed E-state index contributed by atoms with van der Waals surface area (Å²) in [7, 11) is 3.77. The lowest BCUT2D eigenvalue weighted by molar-refractivity contribution is 0.489. The molecular formula is C6H10N2S2. The molecule has 56 valence electrons. The van der Waals surface area contributed by atoms with Gasteiger partial charge in [-0.25, -0.2) is 0 Å². The molecule has 0 aromatic carbocycles. The van der Waals surface area contributed by atoms with Crippen LogP contribution in [0.1, 0.15) is 12.8 Å². The zero-order valence-corrected chi connectivity index (χ0v) is 7.30. The van der Waals surface area contributed by atoms with Crippen molar-refractivity contribution in [3.05, 3.63) is 0 Å². The van der Waals surface area contributed by atoms with E-state index in [4.69, 9.17) is 0 Å². The molecule has 1 saturated heterocycles. The zero-order valence-electron chi connectivity index (χ0n) is 5.67. The molecule has 0 spiro atoms. The lowest BCUT2D eigenvalue weighted by Crippen LogP contribution is -2.39. The van der Waals surface area contributed by atoms with Crippen LogP contribution in [0.5, 0.6) is 0 Å². The molecule has 0 aromatic rings. The Morgan fingerprint density at radius 3 is 2.80 bits per heavy atom. The highest BCUT2D eigenvalue weighted by Gasteiger charge is 2.19. The van der Waals surface area contributed by atoms with Crippen LogP contribution in [0.15, 0.2) is 4.99 Å². The van der Waals surface area contributed by atoms with Crippen molar-refractivity contribution in [2.75, 3.05) is 13.1 Å². The summed E-state index contributed by atoms with van der Waals surface area (Å²) in [6, 6.07) is 0. The monoisotopic (exact) mass is 174 g/mol. The fourth-order valence-corrected chi connectivity index (χ4v) is 3.26. The second kappa shape index (κ2) is 3.15. The molecule has 10 heavy (non-hydrogen) atoms. The largest absolute Gasteiger partial charge is 0.304 e. The predicted octanol–water partition coefficient (Wildman–Crippen LogP) is 1.49. The first kappa shape index (κ1) is 7.00. The van der Waals surface area contributed by atoms with Crippen molar-refractivity contribution in [3.8, 4) is 0 Å². The second-order valence-corrected chi connectivity index (χ2v) is 4.91. The Bertz CT molecular complexity index is 154. The molecular weight excluding hydrogens is 164 g/mol. The highest BCUT2D eigenvalue weighted by molar-refractivity contribution is 8.82. The summed E-state index contributed by atoms with van der Waals surface area (Å²) >= 11 is 0. The molecule has 0 radical (unpaired) electrons. The van der Waals surface area contributed by atoms with Crippen molar-refractivity contribution in [2.45, 2.75) is 18.2 Å². The smallest absolute Gasteiger partial charge is 0.0801 e. The Balaban J connectivity index is 1.62.